The molecule has 4 rings (SSSR count). The summed E-state index contributed by atoms with van der Waals surface area (Å²) in [6.07, 6.45) is -5.95. The minimum Gasteiger partial charge on any atom is -0.369 e. The van der Waals surface area contributed by atoms with Crippen LogP contribution in [-0.2, 0) is 4.79 Å². The number of hydrogen-bond acceptors (Lipinski definition) is 6. The molecule has 0 unspecified atom stereocenters. The van der Waals surface area contributed by atoms with Gasteiger partial charge in [-0.25, -0.2) is 23.3 Å². The summed E-state index contributed by atoms with van der Waals surface area (Å²) in [7, 11) is 0. The maximum Gasteiger partial charge on any atom is 0.389 e. The second-order valence-corrected chi connectivity index (χ2v) is 9.65. The Balaban J connectivity index is 1.56. The maximum absolute atomic E-state index is 13.9. The van der Waals surface area contributed by atoms with Crippen LogP contribution in [0.3, 0.4) is 0 Å². The number of nitrogens with zero attached hydrogens (tertiary/aromatic N) is 4. The number of pyridine rings is 1. The van der Waals surface area contributed by atoms with Crippen LogP contribution in [0.15, 0.2) is 36.7 Å². The first-order valence-corrected chi connectivity index (χ1v) is 12.3. The highest BCUT2D eigenvalue weighted by molar-refractivity contribution is 5.92. The van der Waals surface area contributed by atoms with E-state index in [1.807, 2.05) is 0 Å². The minimum atomic E-state index is -4.51. The lowest BCUT2D eigenvalue weighted by Crippen LogP contribution is -2.37. The molecule has 210 valence electrons. The van der Waals surface area contributed by atoms with Crippen molar-refractivity contribution < 1.29 is 36.6 Å². The fourth-order valence-electron chi connectivity index (χ4n) is 4.49. The summed E-state index contributed by atoms with van der Waals surface area (Å²) in [6, 6.07) is 5.58. The molecule has 0 saturated heterocycles. The third kappa shape index (κ3) is 7.46. The van der Waals surface area contributed by atoms with Gasteiger partial charge in [0.1, 0.15) is 5.69 Å². The Hall–Kier alpha value is -3.68. The summed E-state index contributed by atoms with van der Waals surface area (Å²) < 4.78 is 66.1. The van der Waals surface area contributed by atoms with Crippen LogP contribution in [0.5, 0.6) is 0 Å². The Morgan fingerprint density at radius 3 is 2.56 bits per heavy atom. The normalized spacial score (nSPS) is 17.5. The summed E-state index contributed by atoms with van der Waals surface area (Å²) in [5.41, 5.74) is 1.42. The molecule has 2 amide bonds. The number of aromatic nitrogens is 4. The molecule has 1 aliphatic carbocycles. The molecule has 3 heterocycles. The summed E-state index contributed by atoms with van der Waals surface area (Å²) >= 11 is 0. The molecule has 1 aliphatic rings. The van der Waals surface area contributed by atoms with Crippen LogP contribution in [0.4, 0.5) is 22.0 Å². The monoisotopic (exact) mass is 554 g/mol. The number of rotatable bonds is 8. The molecule has 0 radical (unpaired) electrons. The predicted octanol–water partition coefficient (Wildman–Crippen LogP) is 4.18. The first-order chi connectivity index (χ1) is 18.3. The zero-order valence-corrected chi connectivity index (χ0v) is 20.9. The minimum absolute atomic E-state index is 0.0712. The third-order valence-corrected chi connectivity index (χ3v) is 6.57. The van der Waals surface area contributed by atoms with Gasteiger partial charge in [0.2, 0.25) is 11.8 Å². The Kier molecular flexibility index (Phi) is 8.14. The first-order valence-electron chi connectivity index (χ1n) is 12.3. The molecule has 14 heteroatoms. The van der Waals surface area contributed by atoms with Crippen molar-refractivity contribution in [2.45, 2.75) is 69.8 Å². The summed E-state index contributed by atoms with van der Waals surface area (Å²) in [5.74, 6) is -4.62. The van der Waals surface area contributed by atoms with Crippen molar-refractivity contribution in [1.82, 2.24) is 30.2 Å². The number of halogens is 5. The van der Waals surface area contributed by atoms with Gasteiger partial charge < -0.3 is 15.7 Å². The number of hydrogen-bond donors (Lipinski definition) is 3. The van der Waals surface area contributed by atoms with E-state index in [2.05, 4.69) is 25.7 Å². The van der Waals surface area contributed by atoms with Crippen molar-refractivity contribution in [2.75, 3.05) is 0 Å². The van der Waals surface area contributed by atoms with Crippen LogP contribution in [0.2, 0.25) is 0 Å². The molecular weight excluding hydrogens is 527 g/mol. The lowest BCUT2D eigenvalue weighted by atomic mass is 9.81. The number of amides is 2. The maximum atomic E-state index is 13.9. The molecule has 9 nitrogen and oxygen atoms in total. The van der Waals surface area contributed by atoms with E-state index in [9.17, 15) is 36.6 Å². The van der Waals surface area contributed by atoms with E-state index in [-0.39, 0.29) is 48.5 Å². The van der Waals surface area contributed by atoms with Crippen molar-refractivity contribution >= 4 is 17.5 Å². The van der Waals surface area contributed by atoms with Gasteiger partial charge >= 0.3 is 6.18 Å². The summed E-state index contributed by atoms with van der Waals surface area (Å²) in [4.78, 5) is 33.5. The Morgan fingerprint density at radius 1 is 1.18 bits per heavy atom. The standard InChI is InChI=1S/C25H27F5N6O3/c1-14-3-2-4-17(32-14)23(39)35-21(15-5-8-24(26,27)9-6-15)18-13-36-19(33-18)11-16(12-31-36)22(38)34-20(37)7-10-25(28,29)30/h2-4,11-13,15,21-22,38H,5-10H2,1H3,(H,34,37)(H,35,39)/t21-,22+/m0/s1. The van der Waals surface area contributed by atoms with Crippen molar-refractivity contribution in [2.24, 2.45) is 5.92 Å². The van der Waals surface area contributed by atoms with E-state index in [0.29, 0.717) is 11.4 Å². The van der Waals surface area contributed by atoms with Crippen molar-refractivity contribution in [3.05, 3.63) is 59.3 Å². The van der Waals surface area contributed by atoms with Crippen LogP contribution in [-0.4, -0.2) is 48.6 Å². The van der Waals surface area contributed by atoms with E-state index in [1.54, 1.807) is 19.1 Å². The van der Waals surface area contributed by atoms with Gasteiger partial charge in [0, 0.05) is 30.5 Å². The molecule has 0 aromatic carbocycles. The van der Waals surface area contributed by atoms with Gasteiger partial charge in [-0.3, -0.25) is 9.59 Å². The third-order valence-electron chi connectivity index (χ3n) is 6.57. The molecule has 0 aliphatic heterocycles. The van der Waals surface area contributed by atoms with Gasteiger partial charge in [-0.15, -0.1) is 0 Å². The van der Waals surface area contributed by atoms with E-state index >= 15 is 0 Å². The van der Waals surface area contributed by atoms with Crippen LogP contribution < -0.4 is 10.6 Å². The molecule has 1 saturated carbocycles. The van der Waals surface area contributed by atoms with E-state index in [4.69, 9.17) is 0 Å². The highest BCUT2D eigenvalue weighted by atomic mass is 19.4. The Bertz CT molecular complexity index is 1340. The molecule has 0 spiro atoms. The van der Waals surface area contributed by atoms with Gasteiger partial charge in [-0.1, -0.05) is 6.07 Å². The molecular formula is C25H27F5N6O3. The molecule has 0 bridgehead atoms. The molecule has 39 heavy (non-hydrogen) atoms. The zero-order chi connectivity index (χ0) is 28.4. The highest BCUT2D eigenvalue weighted by Crippen LogP contribution is 2.41. The van der Waals surface area contributed by atoms with Gasteiger partial charge in [0.15, 0.2) is 11.9 Å². The lowest BCUT2D eigenvalue weighted by molar-refractivity contribution is -0.145. The van der Waals surface area contributed by atoms with Crippen molar-refractivity contribution in [3.8, 4) is 0 Å². The Morgan fingerprint density at radius 2 is 1.90 bits per heavy atom. The lowest BCUT2D eigenvalue weighted by Gasteiger charge is -2.33. The quantitative estimate of drug-likeness (QED) is 0.284. The van der Waals surface area contributed by atoms with Crippen molar-refractivity contribution in [1.29, 1.82) is 0 Å². The van der Waals surface area contributed by atoms with E-state index in [1.165, 1.54) is 29.0 Å². The number of aryl methyl sites for hydroxylation is 1. The van der Waals surface area contributed by atoms with Crippen LogP contribution in [0.1, 0.15) is 78.2 Å². The van der Waals surface area contributed by atoms with Crippen LogP contribution in [0, 0.1) is 12.8 Å². The largest absolute Gasteiger partial charge is 0.389 e. The number of imidazole rings is 1. The summed E-state index contributed by atoms with van der Waals surface area (Å²) in [5, 5.41) is 19.4. The fraction of sp³-hybridized carbons (Fsp3) is 0.480. The van der Waals surface area contributed by atoms with E-state index < -0.39 is 49.0 Å². The molecule has 1 fully saturated rings. The first kappa shape index (κ1) is 28.3. The number of fused-ring (bicyclic) bond motifs is 1. The predicted molar refractivity (Wildman–Crippen MR) is 127 cm³/mol. The SMILES string of the molecule is Cc1cccc(C(=O)N[C@H](c2cn3ncc([C@@H](O)NC(=O)CCC(F)(F)F)cc3n2)C2CCC(F)(F)CC2)n1. The smallest absolute Gasteiger partial charge is 0.369 e. The second kappa shape index (κ2) is 11.2. The summed E-state index contributed by atoms with van der Waals surface area (Å²) in [6.45, 7) is 1.73. The fourth-order valence-corrected chi connectivity index (χ4v) is 4.49. The molecule has 3 aromatic rings. The second-order valence-electron chi connectivity index (χ2n) is 9.65. The number of aliphatic hydroxyl groups is 1. The molecule has 3 N–H and O–H groups in total. The number of alkyl halides is 5. The van der Waals surface area contributed by atoms with Crippen LogP contribution in [0.25, 0.3) is 5.65 Å². The van der Waals surface area contributed by atoms with E-state index in [0.717, 1.165) is 0 Å². The highest BCUT2D eigenvalue weighted by Gasteiger charge is 2.39. The van der Waals surface area contributed by atoms with Gasteiger partial charge in [-0.05, 0) is 43.9 Å². The van der Waals surface area contributed by atoms with Crippen molar-refractivity contribution in [3.63, 3.8) is 0 Å². The average Bonchev–Trinajstić information content (AvgIpc) is 3.29. The number of nitrogens with one attached hydrogen (secondary N) is 2. The Labute approximate surface area is 219 Å². The van der Waals surface area contributed by atoms with Gasteiger partial charge in [-0.2, -0.15) is 18.3 Å². The number of aliphatic hydroxyl groups excluding tert-OH is 1. The number of carbonyl (C=O) groups excluding carboxylic acids is 2. The average molecular weight is 555 g/mol. The topological polar surface area (TPSA) is 122 Å². The number of carbonyl (C=O) groups is 2. The molecule has 3 aromatic heterocycles. The zero-order valence-electron chi connectivity index (χ0n) is 20.9. The van der Waals surface area contributed by atoms with Crippen LogP contribution >= 0.6 is 0 Å². The van der Waals surface area contributed by atoms with Gasteiger partial charge in [0.05, 0.1) is 30.6 Å². The van der Waals surface area contributed by atoms with Gasteiger partial charge in [0.25, 0.3) is 5.91 Å². The molecule has 2 atom stereocenters.